The average molecular weight is 419 g/mol. The van der Waals surface area contributed by atoms with Gasteiger partial charge in [-0.1, -0.05) is 33.3 Å². The summed E-state index contributed by atoms with van der Waals surface area (Å²) in [6, 6.07) is 4.56. The first-order chi connectivity index (χ1) is 14.3. The van der Waals surface area contributed by atoms with Crippen LogP contribution in [0, 0.1) is 11.8 Å². The van der Waals surface area contributed by atoms with Gasteiger partial charge in [0.15, 0.2) is 0 Å². The minimum atomic E-state index is -0.777. The van der Waals surface area contributed by atoms with Gasteiger partial charge in [0.05, 0.1) is 20.8 Å². The number of methoxy groups -OCH3 is 2. The molecule has 3 atom stereocenters. The van der Waals surface area contributed by atoms with Crippen molar-refractivity contribution in [1.29, 1.82) is 0 Å². The predicted molar refractivity (Wildman–Crippen MR) is 114 cm³/mol. The predicted octanol–water partition coefficient (Wildman–Crippen LogP) is 3.22. The van der Waals surface area contributed by atoms with Crippen LogP contribution in [0.1, 0.15) is 56.8 Å². The topological polar surface area (TPSA) is 77.1 Å². The fourth-order valence-electron chi connectivity index (χ4n) is 4.61. The third-order valence-electron chi connectivity index (χ3n) is 6.04. The Bertz CT molecular complexity index is 759. The molecule has 0 aromatic heterocycles. The van der Waals surface area contributed by atoms with Crippen molar-refractivity contribution >= 4 is 11.8 Å². The molecule has 1 aromatic carbocycles. The van der Waals surface area contributed by atoms with Crippen LogP contribution in [0.25, 0.3) is 0 Å². The van der Waals surface area contributed by atoms with E-state index in [1.165, 1.54) is 14.2 Å². The van der Waals surface area contributed by atoms with Gasteiger partial charge in [-0.15, -0.1) is 0 Å². The van der Waals surface area contributed by atoms with Gasteiger partial charge in [0.25, 0.3) is 5.91 Å². The highest BCUT2D eigenvalue weighted by Gasteiger charge is 2.54. The lowest BCUT2D eigenvalue weighted by atomic mass is 9.82. The Morgan fingerprint density at radius 1 is 1.27 bits per heavy atom. The first-order valence-corrected chi connectivity index (χ1v) is 10.8. The van der Waals surface area contributed by atoms with Gasteiger partial charge in [-0.25, -0.2) is 0 Å². The summed E-state index contributed by atoms with van der Waals surface area (Å²) in [6.45, 7) is 7.00. The molecule has 1 N–H and O–H groups in total. The zero-order chi connectivity index (χ0) is 21.9. The highest BCUT2D eigenvalue weighted by molar-refractivity contribution is 6.02. The smallest absolute Gasteiger partial charge is 0.264 e. The number of amides is 2. The Kier molecular flexibility index (Phi) is 6.91. The number of carbonyl (C=O) groups excluding carboxylic acids is 2. The van der Waals surface area contributed by atoms with Gasteiger partial charge >= 0.3 is 0 Å². The molecule has 2 fully saturated rings. The Morgan fingerprint density at radius 2 is 1.93 bits per heavy atom. The van der Waals surface area contributed by atoms with Crippen LogP contribution in [0.2, 0.25) is 0 Å². The van der Waals surface area contributed by atoms with Crippen LogP contribution in [-0.2, 0) is 9.53 Å². The first kappa shape index (κ1) is 22.4. The number of nitrogens with zero attached hydrogens (tertiary/aromatic N) is 1. The normalized spacial score (nSPS) is 26.1. The van der Waals surface area contributed by atoms with Gasteiger partial charge in [0.2, 0.25) is 5.91 Å². The minimum absolute atomic E-state index is 0.180. The van der Waals surface area contributed by atoms with Crippen molar-refractivity contribution in [2.24, 2.45) is 11.8 Å². The molecular weight excluding hydrogens is 384 g/mol. The van der Waals surface area contributed by atoms with Gasteiger partial charge in [-0.3, -0.25) is 14.5 Å². The van der Waals surface area contributed by atoms with E-state index in [0.717, 1.165) is 12.8 Å². The van der Waals surface area contributed by atoms with Gasteiger partial charge in [0, 0.05) is 6.54 Å². The molecule has 1 aliphatic heterocycles. The summed E-state index contributed by atoms with van der Waals surface area (Å²) >= 11 is 0. The number of rotatable bonds is 6. The summed E-state index contributed by atoms with van der Waals surface area (Å²) in [6.07, 6.45) is 3.47. The molecule has 166 valence electrons. The molecule has 7 heteroatoms. The molecule has 7 nitrogen and oxygen atoms in total. The largest absolute Gasteiger partial charge is 0.496 e. The van der Waals surface area contributed by atoms with Gasteiger partial charge < -0.3 is 19.5 Å². The van der Waals surface area contributed by atoms with E-state index in [2.05, 4.69) is 12.2 Å². The molecule has 0 bridgehead atoms. The van der Waals surface area contributed by atoms with Crippen LogP contribution in [0.4, 0.5) is 0 Å². The van der Waals surface area contributed by atoms with Crippen molar-refractivity contribution in [3.05, 3.63) is 23.8 Å². The molecule has 1 spiro atoms. The van der Waals surface area contributed by atoms with Crippen LogP contribution in [0.5, 0.6) is 11.5 Å². The SMILES string of the molecule is COc1cccc(OC)c1C(=O)N1[C@H](C(=O)NCC(C)C)CO[C@@]12CCC[C@H](C)C2. The highest BCUT2D eigenvalue weighted by atomic mass is 16.5. The Labute approximate surface area is 179 Å². The summed E-state index contributed by atoms with van der Waals surface area (Å²) in [7, 11) is 3.05. The minimum Gasteiger partial charge on any atom is -0.496 e. The van der Waals surface area contributed by atoms with Crippen LogP contribution in [-0.4, -0.2) is 55.9 Å². The van der Waals surface area contributed by atoms with Crippen molar-refractivity contribution in [3.8, 4) is 11.5 Å². The Hall–Kier alpha value is -2.28. The van der Waals surface area contributed by atoms with Crippen molar-refractivity contribution in [2.45, 2.75) is 58.2 Å². The summed E-state index contributed by atoms with van der Waals surface area (Å²) in [5.74, 6) is 1.10. The Balaban J connectivity index is 2.02. The van der Waals surface area contributed by atoms with E-state index in [9.17, 15) is 9.59 Å². The van der Waals surface area contributed by atoms with Crippen LogP contribution in [0.3, 0.4) is 0 Å². The summed E-state index contributed by atoms with van der Waals surface area (Å²) in [4.78, 5) is 28.7. The van der Waals surface area contributed by atoms with E-state index in [1.54, 1.807) is 23.1 Å². The summed E-state index contributed by atoms with van der Waals surface area (Å²) < 4.78 is 17.2. The number of benzene rings is 1. The molecule has 0 unspecified atom stereocenters. The maximum absolute atomic E-state index is 13.9. The van der Waals surface area contributed by atoms with E-state index >= 15 is 0 Å². The third kappa shape index (κ3) is 4.26. The molecule has 1 aliphatic carbocycles. The van der Waals surface area contributed by atoms with Gasteiger partial charge in [-0.2, -0.15) is 0 Å². The monoisotopic (exact) mass is 418 g/mol. The lowest BCUT2D eigenvalue weighted by molar-refractivity contribution is -0.128. The van der Waals surface area contributed by atoms with Gasteiger partial charge in [0.1, 0.15) is 28.8 Å². The third-order valence-corrected chi connectivity index (χ3v) is 6.04. The Morgan fingerprint density at radius 3 is 2.50 bits per heavy atom. The molecule has 3 rings (SSSR count). The second kappa shape index (κ2) is 9.25. The van der Waals surface area contributed by atoms with E-state index < -0.39 is 11.8 Å². The molecule has 1 heterocycles. The number of nitrogens with one attached hydrogen (secondary N) is 1. The standard InChI is InChI=1S/C23H34N2O5/c1-15(2)13-24-21(26)17-14-30-23(11-7-8-16(3)12-23)25(17)22(27)20-18(28-4)9-6-10-19(20)29-5/h6,9-10,15-17H,7-8,11-14H2,1-5H3,(H,24,26)/t16-,17-,23+/m0/s1. The van der Waals surface area contributed by atoms with Crippen LogP contribution >= 0.6 is 0 Å². The fraction of sp³-hybridized carbons (Fsp3) is 0.652. The molecule has 30 heavy (non-hydrogen) atoms. The van der Waals surface area contributed by atoms with Crippen molar-refractivity contribution < 1.29 is 23.8 Å². The second-order valence-corrected chi connectivity index (χ2v) is 8.83. The second-order valence-electron chi connectivity index (χ2n) is 8.83. The maximum Gasteiger partial charge on any atom is 0.264 e. The summed E-state index contributed by atoms with van der Waals surface area (Å²) in [5, 5.41) is 2.98. The fourth-order valence-corrected chi connectivity index (χ4v) is 4.61. The lowest BCUT2D eigenvalue weighted by Gasteiger charge is -2.43. The number of hydrogen-bond donors (Lipinski definition) is 1. The molecule has 2 aliphatic rings. The number of carbonyl (C=O) groups is 2. The zero-order valence-electron chi connectivity index (χ0n) is 18.7. The molecule has 1 saturated carbocycles. The van der Waals surface area contributed by atoms with E-state index in [1.807, 2.05) is 13.8 Å². The molecule has 1 aromatic rings. The number of hydrogen-bond acceptors (Lipinski definition) is 5. The van der Waals surface area contributed by atoms with Crippen molar-refractivity contribution in [2.75, 3.05) is 27.4 Å². The van der Waals surface area contributed by atoms with E-state index in [-0.39, 0.29) is 18.4 Å². The van der Waals surface area contributed by atoms with Crippen molar-refractivity contribution in [1.82, 2.24) is 10.2 Å². The average Bonchev–Trinajstić information content (AvgIpc) is 3.08. The van der Waals surface area contributed by atoms with Crippen molar-refractivity contribution in [3.63, 3.8) is 0 Å². The van der Waals surface area contributed by atoms with E-state index in [0.29, 0.717) is 48.3 Å². The first-order valence-electron chi connectivity index (χ1n) is 10.8. The highest BCUT2D eigenvalue weighted by Crippen LogP contribution is 2.45. The van der Waals surface area contributed by atoms with Crippen LogP contribution < -0.4 is 14.8 Å². The lowest BCUT2D eigenvalue weighted by Crippen LogP contribution is -2.57. The molecule has 1 saturated heterocycles. The van der Waals surface area contributed by atoms with Crippen LogP contribution in [0.15, 0.2) is 18.2 Å². The molecular formula is C23H34N2O5. The zero-order valence-corrected chi connectivity index (χ0v) is 18.7. The summed E-state index contributed by atoms with van der Waals surface area (Å²) in [5.41, 5.74) is -0.451. The quantitative estimate of drug-likeness (QED) is 0.768. The van der Waals surface area contributed by atoms with E-state index in [4.69, 9.17) is 14.2 Å². The number of ether oxygens (including phenoxy) is 3. The molecule has 0 radical (unpaired) electrons. The maximum atomic E-state index is 13.9. The molecule has 2 amide bonds. The van der Waals surface area contributed by atoms with Gasteiger partial charge in [-0.05, 0) is 43.2 Å².